The molecule has 0 atom stereocenters. The Labute approximate surface area is 160 Å². The summed E-state index contributed by atoms with van der Waals surface area (Å²) in [6.45, 7) is 2.25. The molecule has 0 aromatic heterocycles. The first kappa shape index (κ1) is 18.1. The summed E-state index contributed by atoms with van der Waals surface area (Å²) in [4.78, 5) is 0. The van der Waals surface area contributed by atoms with Crippen molar-refractivity contribution in [2.45, 2.75) is 12.6 Å². The predicted molar refractivity (Wildman–Crippen MR) is 105 cm³/mol. The lowest BCUT2D eigenvalue weighted by Crippen LogP contribution is -2.51. The van der Waals surface area contributed by atoms with E-state index in [9.17, 15) is 0 Å². The largest absolute Gasteiger partial charge is 0.348 e. The molecule has 2 heterocycles. The quantitative estimate of drug-likeness (QED) is 0.817. The fourth-order valence-corrected chi connectivity index (χ4v) is 3.11. The molecular weight excluding hydrogens is 340 g/mol. The summed E-state index contributed by atoms with van der Waals surface area (Å²) < 4.78 is 23.5. The summed E-state index contributed by atoms with van der Waals surface area (Å²) in [5.74, 6) is 0. The topological polar surface area (TPSA) is 36.9 Å². The average molecular weight is 364 g/mol. The highest BCUT2D eigenvalue weighted by Gasteiger charge is 2.41. The van der Waals surface area contributed by atoms with Crippen LogP contribution in [0.3, 0.4) is 0 Å². The molecule has 2 fully saturated rings. The summed E-state index contributed by atoms with van der Waals surface area (Å²) in [5.41, 5.74) is 2.03. The number of ether oxygens (including phenoxy) is 4. The second-order valence-corrected chi connectivity index (χ2v) is 7.02. The van der Waals surface area contributed by atoms with E-state index in [1.54, 1.807) is 0 Å². The molecule has 4 nitrogen and oxygen atoms in total. The molecule has 0 N–H and O–H groups in total. The van der Waals surface area contributed by atoms with Crippen LogP contribution in [-0.4, -0.2) is 39.0 Å². The highest BCUT2D eigenvalue weighted by atomic mass is 16.7. The van der Waals surface area contributed by atoms with Crippen molar-refractivity contribution in [3.63, 3.8) is 0 Å². The third-order valence-electron chi connectivity index (χ3n) is 4.71. The highest BCUT2D eigenvalue weighted by Crippen LogP contribution is 2.31. The Morgan fingerprint density at radius 1 is 0.593 bits per heavy atom. The van der Waals surface area contributed by atoms with E-state index in [0.717, 1.165) is 11.1 Å². The van der Waals surface area contributed by atoms with Gasteiger partial charge in [-0.15, -0.1) is 0 Å². The molecule has 0 bridgehead atoms. The van der Waals surface area contributed by atoms with Crippen LogP contribution in [0.1, 0.15) is 11.1 Å². The van der Waals surface area contributed by atoms with Gasteiger partial charge in [0.05, 0.1) is 31.8 Å². The van der Waals surface area contributed by atoms with E-state index in [0.29, 0.717) is 26.4 Å². The van der Waals surface area contributed by atoms with Gasteiger partial charge in [0, 0.05) is 0 Å². The predicted octanol–water partition coefficient (Wildman–Crippen LogP) is 4.15. The summed E-state index contributed by atoms with van der Waals surface area (Å²) in [6.07, 6.45) is 7.26. The van der Waals surface area contributed by atoms with Crippen molar-refractivity contribution in [1.82, 2.24) is 0 Å². The number of benzene rings is 2. The first-order valence-electron chi connectivity index (χ1n) is 9.24. The highest BCUT2D eigenvalue weighted by molar-refractivity contribution is 5.49. The van der Waals surface area contributed by atoms with Crippen LogP contribution < -0.4 is 0 Å². The van der Waals surface area contributed by atoms with Gasteiger partial charge in [-0.2, -0.15) is 0 Å². The van der Waals surface area contributed by atoms with Crippen molar-refractivity contribution in [2.24, 2.45) is 5.41 Å². The Balaban J connectivity index is 1.25. The van der Waals surface area contributed by atoms with Crippen LogP contribution in [0, 0.1) is 5.41 Å². The summed E-state index contributed by atoms with van der Waals surface area (Å²) in [7, 11) is 0. The van der Waals surface area contributed by atoms with E-state index in [2.05, 4.69) is 0 Å². The van der Waals surface area contributed by atoms with Gasteiger partial charge >= 0.3 is 0 Å². The molecule has 4 rings (SSSR count). The van der Waals surface area contributed by atoms with E-state index < -0.39 is 0 Å². The molecule has 0 amide bonds. The molecule has 2 saturated heterocycles. The van der Waals surface area contributed by atoms with Gasteiger partial charge in [0.2, 0.25) is 0 Å². The fourth-order valence-electron chi connectivity index (χ4n) is 3.11. The lowest BCUT2D eigenvalue weighted by molar-refractivity contribution is -0.282. The molecule has 2 aliphatic rings. The van der Waals surface area contributed by atoms with Crippen LogP contribution in [0.15, 0.2) is 72.8 Å². The van der Waals surface area contributed by atoms with Gasteiger partial charge in [-0.05, 0) is 23.3 Å². The number of rotatable bonds is 4. The summed E-state index contributed by atoms with van der Waals surface area (Å²) >= 11 is 0. The molecule has 0 unspecified atom stereocenters. The van der Waals surface area contributed by atoms with Gasteiger partial charge in [-0.3, -0.25) is 0 Å². The van der Waals surface area contributed by atoms with Gasteiger partial charge in [0.25, 0.3) is 0 Å². The minimum Gasteiger partial charge on any atom is -0.348 e. The monoisotopic (exact) mass is 364 g/mol. The second kappa shape index (κ2) is 8.63. The molecule has 2 aromatic rings. The van der Waals surface area contributed by atoms with Crippen LogP contribution in [0.25, 0.3) is 12.2 Å². The third kappa shape index (κ3) is 4.93. The molecule has 4 heteroatoms. The Kier molecular flexibility index (Phi) is 5.80. The molecule has 140 valence electrons. The molecule has 0 aliphatic carbocycles. The van der Waals surface area contributed by atoms with Crippen LogP contribution in [0.2, 0.25) is 0 Å². The maximum absolute atomic E-state index is 5.87. The van der Waals surface area contributed by atoms with Crippen molar-refractivity contribution >= 4 is 12.2 Å². The average Bonchev–Trinajstić information content (AvgIpc) is 2.75. The molecule has 2 aromatic carbocycles. The lowest BCUT2D eigenvalue weighted by Gasteiger charge is -2.42. The molecular formula is C23H24O4. The summed E-state index contributed by atoms with van der Waals surface area (Å²) in [5, 5.41) is 0. The van der Waals surface area contributed by atoms with E-state index in [4.69, 9.17) is 18.9 Å². The number of hydrogen-bond acceptors (Lipinski definition) is 4. The van der Waals surface area contributed by atoms with Crippen LogP contribution >= 0.6 is 0 Å². The van der Waals surface area contributed by atoms with Gasteiger partial charge in [0.1, 0.15) is 0 Å². The van der Waals surface area contributed by atoms with E-state index in [-0.39, 0.29) is 18.0 Å². The molecule has 2 aliphatic heterocycles. The minimum absolute atomic E-state index is 0.228. The first-order chi connectivity index (χ1) is 13.3. The Hall–Kier alpha value is -2.24. The zero-order valence-electron chi connectivity index (χ0n) is 15.2. The van der Waals surface area contributed by atoms with Gasteiger partial charge in [-0.1, -0.05) is 72.8 Å². The van der Waals surface area contributed by atoms with E-state index in [1.807, 2.05) is 85.0 Å². The molecule has 0 radical (unpaired) electrons. The Morgan fingerprint density at radius 2 is 0.963 bits per heavy atom. The van der Waals surface area contributed by atoms with E-state index in [1.165, 1.54) is 0 Å². The van der Waals surface area contributed by atoms with Crippen molar-refractivity contribution in [2.75, 3.05) is 26.4 Å². The SMILES string of the molecule is C(=C\C1OCC2(CO1)COC(/C=C/c1ccccc1)OC2)/c1ccccc1. The molecule has 1 spiro atoms. The number of hydrogen-bond donors (Lipinski definition) is 0. The molecule has 27 heavy (non-hydrogen) atoms. The maximum Gasteiger partial charge on any atom is 0.177 e. The lowest BCUT2D eigenvalue weighted by atomic mass is 9.91. The minimum atomic E-state index is -0.327. The van der Waals surface area contributed by atoms with Crippen LogP contribution in [0.4, 0.5) is 0 Å². The summed E-state index contributed by atoms with van der Waals surface area (Å²) in [6, 6.07) is 20.2. The van der Waals surface area contributed by atoms with Crippen molar-refractivity contribution < 1.29 is 18.9 Å². The van der Waals surface area contributed by atoms with Gasteiger partial charge in [0.15, 0.2) is 12.6 Å². The Bertz CT molecular complexity index is 682. The zero-order valence-corrected chi connectivity index (χ0v) is 15.2. The van der Waals surface area contributed by atoms with Crippen molar-refractivity contribution in [1.29, 1.82) is 0 Å². The standard InChI is InChI=1S/C23H24O4/c1-3-7-19(8-4-1)11-13-21-24-15-23(16-25-21)17-26-22(27-18-23)14-12-20-9-5-2-6-10-20/h1-14,21-22H,15-18H2/b13-11+,14-12+. The van der Waals surface area contributed by atoms with E-state index >= 15 is 0 Å². The molecule has 0 saturated carbocycles. The van der Waals surface area contributed by atoms with Gasteiger partial charge < -0.3 is 18.9 Å². The van der Waals surface area contributed by atoms with Gasteiger partial charge in [-0.25, -0.2) is 0 Å². The zero-order chi connectivity index (χ0) is 18.4. The normalized spacial score (nSPS) is 28.9. The Morgan fingerprint density at radius 3 is 1.33 bits per heavy atom. The maximum atomic E-state index is 5.87. The van der Waals surface area contributed by atoms with Crippen molar-refractivity contribution in [3.05, 3.63) is 83.9 Å². The van der Waals surface area contributed by atoms with Crippen LogP contribution in [-0.2, 0) is 18.9 Å². The van der Waals surface area contributed by atoms with Crippen molar-refractivity contribution in [3.8, 4) is 0 Å². The first-order valence-corrected chi connectivity index (χ1v) is 9.24. The fraction of sp³-hybridized carbons (Fsp3) is 0.304. The third-order valence-corrected chi connectivity index (χ3v) is 4.71. The smallest absolute Gasteiger partial charge is 0.177 e. The van der Waals surface area contributed by atoms with Crippen LogP contribution in [0.5, 0.6) is 0 Å². The second-order valence-electron chi connectivity index (χ2n) is 7.02.